The molecule has 0 N–H and O–H groups in total. The molecular formula is C11H23BiS2. The number of hydrogen-bond donors (Lipinski definition) is 0. The summed E-state index contributed by atoms with van der Waals surface area (Å²) in [4.78, 5) is 0. The molecule has 84 valence electrons. The van der Waals surface area contributed by atoms with Crippen molar-refractivity contribution in [3.8, 4) is 0 Å². The molecule has 0 aliphatic carbocycles. The summed E-state index contributed by atoms with van der Waals surface area (Å²) in [6, 6.07) is 0. The van der Waals surface area contributed by atoms with Crippen LogP contribution >= 0.6 is 12.2 Å². The zero-order valence-electron chi connectivity index (χ0n) is 9.50. The van der Waals surface area contributed by atoms with Gasteiger partial charge in [0.2, 0.25) is 0 Å². The van der Waals surface area contributed by atoms with Crippen molar-refractivity contribution < 1.29 is 0 Å². The maximum Gasteiger partial charge on any atom is -0.167 e. The van der Waals surface area contributed by atoms with Gasteiger partial charge in [0.1, 0.15) is 0 Å². The first-order valence-corrected chi connectivity index (χ1v) is 11.4. The normalized spacial score (nSPS) is 9.00. The molecule has 0 aromatic rings. The van der Waals surface area contributed by atoms with E-state index in [1.807, 2.05) is 0 Å². The van der Waals surface area contributed by atoms with E-state index in [2.05, 4.69) is 38.7 Å². The van der Waals surface area contributed by atoms with Crippen LogP contribution in [0.2, 0.25) is 8.26 Å². The third kappa shape index (κ3) is 23.2. The quantitative estimate of drug-likeness (QED) is 0.243. The van der Waals surface area contributed by atoms with E-state index >= 15 is 0 Å². The predicted molar refractivity (Wildman–Crippen MR) is 75.4 cm³/mol. The first-order chi connectivity index (χ1) is 6.83. The second kappa shape index (κ2) is 19.7. The summed E-state index contributed by atoms with van der Waals surface area (Å²) < 4.78 is 4.47. The van der Waals surface area contributed by atoms with Crippen LogP contribution in [-0.4, -0.2) is 27.9 Å². The standard InChI is InChI=1S/2C5H11.CH2S2.Bi/c2*1-3-5-4-2;2-1-3;/h2*1,3-5H2,2H3;1H,(H,2,3);/q;;;+1/p-1. The van der Waals surface area contributed by atoms with Crippen molar-refractivity contribution in [2.24, 2.45) is 0 Å². The van der Waals surface area contributed by atoms with Gasteiger partial charge in [0, 0.05) is 0 Å². The molecule has 0 bridgehead atoms. The number of hydrogen-bond acceptors (Lipinski definition) is 2. The van der Waals surface area contributed by atoms with E-state index in [0.29, 0.717) is 0 Å². The minimum Gasteiger partial charge on any atom is -0.436 e. The van der Waals surface area contributed by atoms with Gasteiger partial charge in [-0.1, -0.05) is 0 Å². The molecule has 2 radical (unpaired) electrons. The van der Waals surface area contributed by atoms with Gasteiger partial charge in [-0.3, -0.25) is 0 Å². The Morgan fingerprint density at radius 3 is 1.64 bits per heavy atom. The molecule has 0 atom stereocenters. The minimum absolute atomic E-state index is 0.0402. The van der Waals surface area contributed by atoms with E-state index in [9.17, 15) is 0 Å². The molecule has 0 aliphatic rings. The fourth-order valence-electron chi connectivity index (χ4n) is 1.06. The predicted octanol–water partition coefficient (Wildman–Crippen LogP) is 4.40. The Morgan fingerprint density at radius 2 is 1.36 bits per heavy atom. The van der Waals surface area contributed by atoms with Crippen LogP contribution in [0.15, 0.2) is 0 Å². The van der Waals surface area contributed by atoms with Gasteiger partial charge in [-0.05, 0) is 0 Å². The van der Waals surface area contributed by atoms with Crippen LogP contribution in [-0.2, 0) is 12.6 Å². The molecule has 0 amide bonds. The van der Waals surface area contributed by atoms with Crippen molar-refractivity contribution in [3.63, 3.8) is 0 Å². The van der Waals surface area contributed by atoms with E-state index < -0.39 is 0 Å². The Kier molecular flexibility index (Phi) is 24.8. The van der Waals surface area contributed by atoms with Gasteiger partial charge in [-0.2, -0.15) is 4.70 Å². The average molecular weight is 428 g/mol. The Hall–Kier alpha value is 1.19. The van der Waals surface area contributed by atoms with Crippen molar-refractivity contribution in [2.75, 3.05) is 0 Å². The molecule has 0 nitrogen and oxygen atoms in total. The largest absolute Gasteiger partial charge is 0.436 e. The molecule has 0 aromatic carbocycles. The van der Waals surface area contributed by atoms with Crippen LogP contribution < -0.4 is 0 Å². The second-order valence-electron chi connectivity index (χ2n) is 3.18. The van der Waals surface area contributed by atoms with E-state index in [0.717, 1.165) is 0 Å². The fourth-order valence-corrected chi connectivity index (χ4v) is 5.41. The van der Waals surface area contributed by atoms with Crippen molar-refractivity contribution in [3.05, 3.63) is 0 Å². The molecule has 0 saturated carbocycles. The maximum atomic E-state index is 4.08. The summed E-state index contributed by atoms with van der Waals surface area (Å²) in [5.41, 5.74) is 0. The van der Waals surface area contributed by atoms with Crippen molar-refractivity contribution in [1.29, 1.82) is 0 Å². The Morgan fingerprint density at radius 1 is 1.00 bits per heavy atom. The van der Waals surface area contributed by atoms with E-state index in [1.54, 1.807) is 21.1 Å². The Labute approximate surface area is 113 Å². The summed E-state index contributed by atoms with van der Waals surface area (Å²) in [6.45, 7) is 4.59. The number of unbranched alkanes of at least 4 members (excludes halogenated alkanes) is 4. The summed E-state index contributed by atoms with van der Waals surface area (Å²) in [5, 5.41) is 0. The molecule has 0 rings (SSSR count). The summed E-state index contributed by atoms with van der Waals surface area (Å²) in [7, 11) is 0. The SMILES string of the molecule is CCCC[CH2][Bi+][CH2]CCCC.S=C[S-]. The third-order valence-electron chi connectivity index (χ3n) is 1.84. The topological polar surface area (TPSA) is 0 Å². The molecule has 0 heterocycles. The molecular weight excluding hydrogens is 405 g/mol. The van der Waals surface area contributed by atoms with Gasteiger partial charge in [0.25, 0.3) is 0 Å². The second-order valence-corrected chi connectivity index (χ2v) is 9.17. The van der Waals surface area contributed by atoms with Crippen LogP contribution in [0.1, 0.15) is 52.4 Å². The van der Waals surface area contributed by atoms with E-state index in [4.69, 9.17) is 0 Å². The van der Waals surface area contributed by atoms with Gasteiger partial charge in [-0.15, -0.1) is 0 Å². The maximum absolute atomic E-state index is 4.08. The van der Waals surface area contributed by atoms with Crippen LogP contribution in [0.25, 0.3) is 0 Å². The zero-order chi connectivity index (χ0) is 11.1. The molecule has 0 aromatic heterocycles. The Balaban J connectivity index is 0. The zero-order valence-corrected chi connectivity index (χ0v) is 14.6. The molecule has 0 spiro atoms. The first-order valence-electron chi connectivity index (χ1n) is 5.52. The third-order valence-corrected chi connectivity index (χ3v) is 6.76. The Bertz CT molecular complexity index is 89.3. The van der Waals surface area contributed by atoms with Gasteiger partial charge >= 0.3 is 83.9 Å². The van der Waals surface area contributed by atoms with E-state index in [-0.39, 0.29) is 23.2 Å². The minimum atomic E-state index is 0.0402. The molecule has 14 heavy (non-hydrogen) atoms. The first kappa shape index (κ1) is 17.6. The number of thiocarbonyl (C=S) groups is 1. The smallest absolute Gasteiger partial charge is 0.167 e. The van der Waals surface area contributed by atoms with Gasteiger partial charge < -0.3 is 24.8 Å². The van der Waals surface area contributed by atoms with Gasteiger partial charge in [0.15, 0.2) is 0 Å². The summed E-state index contributed by atoms with van der Waals surface area (Å²) in [6.07, 6.45) is 8.85. The van der Waals surface area contributed by atoms with Crippen molar-refractivity contribution in [2.45, 2.75) is 60.6 Å². The summed E-state index contributed by atoms with van der Waals surface area (Å²) in [5.74, 6) is 0. The van der Waals surface area contributed by atoms with Crippen molar-refractivity contribution >= 4 is 52.8 Å². The fraction of sp³-hybridized carbons (Fsp3) is 0.909. The van der Waals surface area contributed by atoms with Gasteiger partial charge in [0.05, 0.1) is 0 Å². The molecule has 0 unspecified atom stereocenters. The van der Waals surface area contributed by atoms with Crippen LogP contribution in [0.4, 0.5) is 0 Å². The van der Waals surface area contributed by atoms with Crippen LogP contribution in [0.3, 0.4) is 0 Å². The van der Waals surface area contributed by atoms with E-state index in [1.165, 1.54) is 30.4 Å². The average Bonchev–Trinajstić information content (AvgIpc) is 2.18. The molecule has 3 heteroatoms. The van der Waals surface area contributed by atoms with Crippen LogP contribution in [0.5, 0.6) is 0 Å². The molecule has 0 fully saturated rings. The monoisotopic (exact) mass is 428 g/mol. The van der Waals surface area contributed by atoms with Crippen molar-refractivity contribution in [1.82, 2.24) is 0 Å². The number of rotatable bonds is 8. The molecule has 0 saturated heterocycles. The van der Waals surface area contributed by atoms with Crippen LogP contribution in [0, 0.1) is 0 Å². The van der Waals surface area contributed by atoms with Gasteiger partial charge in [-0.25, -0.2) is 0 Å². The molecule has 0 aliphatic heterocycles. The summed E-state index contributed by atoms with van der Waals surface area (Å²) >= 11 is 8.21.